The van der Waals surface area contributed by atoms with Crippen molar-refractivity contribution in [2.45, 2.75) is 50.6 Å². The molecule has 4 nitrogen and oxygen atoms in total. The average Bonchev–Trinajstić information content (AvgIpc) is 2.84. The summed E-state index contributed by atoms with van der Waals surface area (Å²) in [7, 11) is 0. The van der Waals surface area contributed by atoms with Gasteiger partial charge >= 0.3 is 18.7 Å². The first kappa shape index (κ1) is 29.2. The average molecular weight is 545 g/mol. The van der Waals surface area contributed by atoms with Crippen molar-refractivity contribution in [3.63, 3.8) is 0 Å². The fraction of sp³-hybridized carbons (Fsp3) is 0.333. The Kier molecular flexibility index (Phi) is 9.26. The number of hydrogen-bond donors (Lipinski definition) is 2. The lowest BCUT2D eigenvalue weighted by atomic mass is 9.98. The van der Waals surface area contributed by atoms with Gasteiger partial charge in [0.15, 0.2) is 6.10 Å². The van der Waals surface area contributed by atoms with Gasteiger partial charge in [-0.05, 0) is 59.0 Å². The molecule has 0 saturated heterocycles. The predicted octanol–water partition coefficient (Wildman–Crippen LogP) is 7.44. The van der Waals surface area contributed by atoms with Crippen LogP contribution in [0.5, 0.6) is 17.2 Å². The van der Waals surface area contributed by atoms with Crippen LogP contribution in [0.25, 0.3) is 0 Å². The van der Waals surface area contributed by atoms with Crippen LogP contribution in [0.3, 0.4) is 0 Å². The van der Waals surface area contributed by atoms with Gasteiger partial charge in [0, 0.05) is 6.54 Å². The zero-order chi connectivity index (χ0) is 28.1. The molecule has 3 aromatic rings. The van der Waals surface area contributed by atoms with E-state index in [1.165, 1.54) is 18.2 Å². The van der Waals surface area contributed by atoms with E-state index >= 15 is 0 Å². The first-order valence-corrected chi connectivity index (χ1v) is 11.6. The molecule has 0 aromatic heterocycles. The third-order valence-corrected chi connectivity index (χ3v) is 5.54. The Morgan fingerprint density at radius 1 is 0.763 bits per heavy atom. The lowest BCUT2D eigenvalue weighted by molar-refractivity contribution is -0.253. The first-order chi connectivity index (χ1) is 17.8. The van der Waals surface area contributed by atoms with Crippen LogP contribution in [0.15, 0.2) is 72.8 Å². The molecule has 0 aliphatic rings. The molecule has 0 amide bonds. The Bertz CT molecular complexity index is 1200. The number of benzene rings is 3. The van der Waals surface area contributed by atoms with E-state index in [4.69, 9.17) is 4.74 Å². The molecule has 0 bridgehead atoms. The molecule has 3 aromatic carbocycles. The molecule has 3 rings (SSSR count). The molecule has 0 heterocycles. The van der Waals surface area contributed by atoms with Gasteiger partial charge in [0.25, 0.3) is 0 Å². The predicted molar refractivity (Wildman–Crippen MR) is 127 cm³/mol. The van der Waals surface area contributed by atoms with Gasteiger partial charge in [-0.2, -0.15) is 30.7 Å². The summed E-state index contributed by atoms with van der Waals surface area (Å²) in [4.78, 5) is 0. The summed E-state index contributed by atoms with van der Waals surface area (Å²) in [6.45, 7) is 3.09. The Hall–Kier alpha value is -3.31. The highest BCUT2D eigenvalue weighted by Crippen LogP contribution is 2.33. The van der Waals surface area contributed by atoms with E-state index in [0.717, 1.165) is 17.7 Å². The molecule has 0 aliphatic carbocycles. The monoisotopic (exact) mass is 545 g/mol. The molecule has 206 valence electrons. The van der Waals surface area contributed by atoms with Crippen molar-refractivity contribution >= 4 is 0 Å². The second-order valence-corrected chi connectivity index (χ2v) is 8.84. The van der Waals surface area contributed by atoms with Crippen LogP contribution in [0.2, 0.25) is 0 Å². The van der Waals surface area contributed by atoms with E-state index in [0.29, 0.717) is 17.1 Å². The topological polar surface area (TPSA) is 50.7 Å². The van der Waals surface area contributed by atoms with Crippen molar-refractivity contribution in [3.8, 4) is 17.2 Å². The number of alkyl halides is 7. The van der Waals surface area contributed by atoms with Crippen LogP contribution in [0, 0.1) is 0 Å². The summed E-state index contributed by atoms with van der Waals surface area (Å²) in [6.07, 6.45) is -16.5. The Balaban J connectivity index is 1.94. The summed E-state index contributed by atoms with van der Waals surface area (Å²) in [5.74, 6) is 0.484. The smallest absolute Gasteiger partial charge is 0.457 e. The van der Waals surface area contributed by atoms with Crippen LogP contribution in [0.1, 0.15) is 42.5 Å². The second-order valence-electron chi connectivity index (χ2n) is 8.84. The van der Waals surface area contributed by atoms with Crippen molar-refractivity contribution in [2.75, 3.05) is 6.54 Å². The molecule has 2 N–H and O–H groups in total. The quantitative estimate of drug-likeness (QED) is 0.246. The fourth-order valence-electron chi connectivity index (χ4n) is 3.56. The summed E-state index contributed by atoms with van der Waals surface area (Å²) < 4.78 is 101. The molecule has 0 fully saturated rings. The van der Waals surface area contributed by atoms with Crippen molar-refractivity contribution in [3.05, 3.63) is 89.5 Å². The van der Waals surface area contributed by atoms with Crippen molar-refractivity contribution in [1.29, 1.82) is 0 Å². The zero-order valence-electron chi connectivity index (χ0n) is 20.4. The Morgan fingerprint density at radius 3 is 1.74 bits per heavy atom. The van der Waals surface area contributed by atoms with Crippen molar-refractivity contribution < 1.29 is 45.3 Å². The van der Waals surface area contributed by atoms with Gasteiger partial charge in [0.2, 0.25) is 0 Å². The molecule has 38 heavy (non-hydrogen) atoms. The van der Waals surface area contributed by atoms with Gasteiger partial charge in [0.1, 0.15) is 17.2 Å². The lowest BCUT2D eigenvalue weighted by Gasteiger charge is -2.24. The second kappa shape index (κ2) is 12.0. The highest BCUT2D eigenvalue weighted by molar-refractivity contribution is 5.42. The van der Waals surface area contributed by atoms with Crippen LogP contribution in [0.4, 0.5) is 30.7 Å². The largest absolute Gasteiger partial charge is 0.461 e. The van der Waals surface area contributed by atoms with E-state index in [1.807, 2.05) is 32.0 Å². The number of aliphatic hydroxyl groups excluding tert-OH is 1. The third-order valence-electron chi connectivity index (χ3n) is 5.54. The zero-order valence-corrected chi connectivity index (χ0v) is 20.4. The van der Waals surface area contributed by atoms with Crippen molar-refractivity contribution in [2.24, 2.45) is 0 Å². The van der Waals surface area contributed by atoms with Crippen LogP contribution >= 0.6 is 0 Å². The molecular formula is C27H26F7NO3. The maximum Gasteiger partial charge on any atom is 0.461 e. The minimum Gasteiger partial charge on any atom is -0.457 e. The Labute approximate surface area is 215 Å². The number of hydrogen-bond acceptors (Lipinski definition) is 4. The van der Waals surface area contributed by atoms with Crippen molar-refractivity contribution in [1.82, 2.24) is 5.32 Å². The van der Waals surface area contributed by atoms with Gasteiger partial charge in [-0.25, -0.2) is 0 Å². The minimum atomic E-state index is -4.91. The minimum absolute atomic E-state index is 0.126. The van der Waals surface area contributed by atoms with E-state index in [-0.39, 0.29) is 11.5 Å². The molecule has 0 spiro atoms. The highest BCUT2D eigenvalue weighted by atomic mass is 19.4. The number of nitrogens with one attached hydrogen (secondary N) is 1. The third kappa shape index (κ3) is 7.84. The molecule has 0 radical (unpaired) electrons. The molecule has 0 saturated carbocycles. The number of halogens is 7. The summed E-state index contributed by atoms with van der Waals surface area (Å²) in [5.41, 5.74) is 1.51. The molecule has 11 heteroatoms. The Morgan fingerprint density at radius 2 is 1.24 bits per heavy atom. The van der Waals surface area contributed by atoms with Gasteiger partial charge in [0.05, 0.1) is 6.04 Å². The number of rotatable bonds is 11. The number of aliphatic hydroxyl groups is 1. The van der Waals surface area contributed by atoms with Gasteiger partial charge < -0.3 is 19.9 Å². The highest BCUT2D eigenvalue weighted by Gasteiger charge is 2.44. The van der Waals surface area contributed by atoms with E-state index < -0.39 is 43.2 Å². The van der Waals surface area contributed by atoms with E-state index in [2.05, 4.69) is 10.1 Å². The van der Waals surface area contributed by atoms with Gasteiger partial charge in [-0.1, -0.05) is 50.2 Å². The molecule has 2 atom stereocenters. The number of ether oxygens (including phenoxy) is 2. The maximum absolute atomic E-state index is 13.4. The first-order valence-electron chi connectivity index (χ1n) is 11.6. The van der Waals surface area contributed by atoms with Crippen LogP contribution in [-0.2, 0) is 0 Å². The van der Waals surface area contributed by atoms with Crippen LogP contribution < -0.4 is 14.8 Å². The molecular weight excluding hydrogens is 519 g/mol. The SMILES string of the molecule is CC(C)c1cccc(Oc2cccc(C(NCC(O)C(F)(F)F)c3cccc(OC(F)(F)C(F)F)c3)c2)c1. The van der Waals surface area contributed by atoms with Gasteiger partial charge in [-0.3, -0.25) is 0 Å². The normalized spacial score (nSPS) is 14.0. The molecule has 2 unspecified atom stereocenters. The summed E-state index contributed by atoms with van der Waals surface area (Å²) in [6, 6.07) is 17.2. The van der Waals surface area contributed by atoms with E-state index in [1.54, 1.807) is 24.3 Å². The van der Waals surface area contributed by atoms with Crippen LogP contribution in [-0.4, -0.2) is 36.5 Å². The molecule has 0 aliphatic heterocycles. The summed E-state index contributed by atoms with van der Waals surface area (Å²) in [5, 5.41) is 12.1. The maximum atomic E-state index is 13.4. The van der Waals surface area contributed by atoms with E-state index in [9.17, 15) is 35.8 Å². The standard InChI is InChI=1S/C27H26F7NO3/c1-16(2)17-6-3-9-20(12-17)37-21-10-4-7-18(13-21)24(35-15-23(36)26(30,31)32)19-8-5-11-22(14-19)38-27(33,34)25(28)29/h3-14,16,23-25,35-36H,15H2,1-2H3. The summed E-state index contributed by atoms with van der Waals surface area (Å²) >= 11 is 0. The van der Waals surface area contributed by atoms with Gasteiger partial charge in [-0.15, -0.1) is 0 Å². The lowest BCUT2D eigenvalue weighted by Crippen LogP contribution is -2.40. The fourth-order valence-corrected chi connectivity index (χ4v) is 3.56.